The van der Waals surface area contributed by atoms with Crippen molar-refractivity contribution < 1.29 is 9.18 Å². The first kappa shape index (κ1) is 15.3. The van der Waals surface area contributed by atoms with Gasteiger partial charge >= 0.3 is 0 Å². The molecule has 2 aromatic carbocycles. The van der Waals surface area contributed by atoms with E-state index in [2.05, 4.69) is 11.4 Å². The summed E-state index contributed by atoms with van der Waals surface area (Å²) in [6.45, 7) is 0.614. The third-order valence-corrected chi connectivity index (χ3v) is 4.62. The fourth-order valence-electron chi connectivity index (χ4n) is 3.44. The van der Waals surface area contributed by atoms with Crippen LogP contribution in [0.2, 0.25) is 0 Å². The van der Waals surface area contributed by atoms with Crippen molar-refractivity contribution >= 4 is 12.0 Å². The molecule has 0 aromatic heterocycles. The molecule has 1 amide bonds. The van der Waals surface area contributed by atoms with Crippen LogP contribution in [0.5, 0.6) is 0 Å². The molecule has 1 aliphatic carbocycles. The standard InChI is InChI=1S/C21H15FN2O/c22-18-3-1-2-15(11-18)19-9-14(12-23)7-16-10-17-6-13(8-20(16)19)4-5-24-21(17)25/h1-3,6-7,9-11H,4-5,8H2,(H,24,25). The molecule has 0 saturated heterocycles. The van der Waals surface area contributed by atoms with Gasteiger partial charge in [0.15, 0.2) is 0 Å². The molecule has 25 heavy (non-hydrogen) atoms. The fraction of sp³-hybridized carbons (Fsp3) is 0.143. The number of hydrogen-bond acceptors (Lipinski definition) is 2. The zero-order valence-electron chi connectivity index (χ0n) is 13.5. The summed E-state index contributed by atoms with van der Waals surface area (Å²) in [6, 6.07) is 12.2. The molecule has 0 radical (unpaired) electrons. The van der Waals surface area contributed by atoms with Gasteiger partial charge in [0.05, 0.1) is 11.6 Å². The second-order valence-electron chi connectivity index (χ2n) is 6.30. The molecular formula is C21H15FN2O. The Labute approximate surface area is 145 Å². The number of nitriles is 1. The highest BCUT2D eigenvalue weighted by Gasteiger charge is 2.21. The van der Waals surface area contributed by atoms with E-state index in [4.69, 9.17) is 0 Å². The number of nitrogens with one attached hydrogen (secondary N) is 1. The Balaban J connectivity index is 1.97. The number of rotatable bonds is 1. The number of amides is 1. The van der Waals surface area contributed by atoms with Gasteiger partial charge in [0.2, 0.25) is 0 Å². The molecule has 3 nitrogen and oxygen atoms in total. The van der Waals surface area contributed by atoms with E-state index in [9.17, 15) is 14.4 Å². The van der Waals surface area contributed by atoms with Gasteiger partial charge in [0.1, 0.15) is 5.82 Å². The predicted octanol–water partition coefficient (Wildman–Crippen LogP) is 3.75. The van der Waals surface area contributed by atoms with Crippen molar-refractivity contribution in [2.45, 2.75) is 12.8 Å². The van der Waals surface area contributed by atoms with Crippen LogP contribution >= 0.6 is 0 Å². The van der Waals surface area contributed by atoms with E-state index in [1.54, 1.807) is 18.2 Å². The van der Waals surface area contributed by atoms with E-state index in [0.29, 0.717) is 24.1 Å². The van der Waals surface area contributed by atoms with Crippen LogP contribution in [0.25, 0.3) is 17.2 Å². The summed E-state index contributed by atoms with van der Waals surface area (Å²) in [5.41, 5.74) is 5.72. The lowest BCUT2D eigenvalue weighted by atomic mass is 9.89. The van der Waals surface area contributed by atoms with Crippen LogP contribution in [0.4, 0.5) is 4.39 Å². The second-order valence-corrected chi connectivity index (χ2v) is 6.30. The van der Waals surface area contributed by atoms with Gasteiger partial charge in [-0.25, -0.2) is 4.39 Å². The maximum atomic E-state index is 13.7. The van der Waals surface area contributed by atoms with E-state index in [1.807, 2.05) is 18.2 Å². The van der Waals surface area contributed by atoms with Crippen molar-refractivity contribution in [1.29, 1.82) is 5.26 Å². The SMILES string of the molecule is N#Cc1cc2c(c(-c3cccc(F)c3)c1)CC1=CC(=C2)C(=O)NCC1. The average molecular weight is 330 g/mol. The molecule has 0 fully saturated rings. The molecule has 2 bridgehead atoms. The molecule has 1 N–H and O–H groups in total. The van der Waals surface area contributed by atoms with E-state index in [1.165, 1.54) is 12.1 Å². The van der Waals surface area contributed by atoms with Gasteiger partial charge in [-0.3, -0.25) is 4.79 Å². The maximum Gasteiger partial charge on any atom is 0.251 e. The molecule has 2 aliphatic rings. The highest BCUT2D eigenvalue weighted by atomic mass is 19.1. The molecule has 0 saturated carbocycles. The molecule has 0 atom stereocenters. The summed E-state index contributed by atoms with van der Waals surface area (Å²) in [6.07, 6.45) is 5.23. The normalized spacial score (nSPS) is 15.8. The van der Waals surface area contributed by atoms with E-state index in [0.717, 1.165) is 34.2 Å². The summed E-state index contributed by atoms with van der Waals surface area (Å²) >= 11 is 0. The lowest BCUT2D eigenvalue weighted by Crippen LogP contribution is -2.23. The smallest absolute Gasteiger partial charge is 0.251 e. The van der Waals surface area contributed by atoms with Crippen LogP contribution in [0, 0.1) is 17.1 Å². The summed E-state index contributed by atoms with van der Waals surface area (Å²) in [7, 11) is 0. The number of carbonyl (C=O) groups is 1. The average Bonchev–Trinajstić information content (AvgIpc) is 2.90. The summed E-state index contributed by atoms with van der Waals surface area (Å²) < 4.78 is 13.7. The van der Waals surface area contributed by atoms with E-state index < -0.39 is 0 Å². The topological polar surface area (TPSA) is 52.9 Å². The minimum atomic E-state index is -0.310. The maximum absolute atomic E-state index is 13.7. The zero-order chi connectivity index (χ0) is 17.4. The van der Waals surface area contributed by atoms with Gasteiger partial charge in [0, 0.05) is 12.1 Å². The molecule has 2 aromatic rings. The van der Waals surface area contributed by atoms with Crippen LogP contribution in [0.1, 0.15) is 23.1 Å². The Morgan fingerprint density at radius 3 is 2.84 bits per heavy atom. The number of halogens is 1. The lowest BCUT2D eigenvalue weighted by Gasteiger charge is -2.15. The van der Waals surface area contributed by atoms with Crippen molar-refractivity contribution in [3.8, 4) is 17.2 Å². The number of fused-ring (bicyclic) bond motifs is 2. The van der Waals surface area contributed by atoms with Crippen molar-refractivity contribution in [2.24, 2.45) is 0 Å². The quantitative estimate of drug-likeness (QED) is 0.866. The Hall–Kier alpha value is -3.19. The summed E-state index contributed by atoms with van der Waals surface area (Å²) in [5.74, 6) is -0.410. The molecular weight excluding hydrogens is 315 g/mol. The first-order valence-corrected chi connectivity index (χ1v) is 8.16. The van der Waals surface area contributed by atoms with Gasteiger partial charge in [-0.1, -0.05) is 17.7 Å². The molecule has 122 valence electrons. The fourth-order valence-corrected chi connectivity index (χ4v) is 3.44. The molecule has 1 heterocycles. The zero-order valence-corrected chi connectivity index (χ0v) is 13.5. The largest absolute Gasteiger partial charge is 0.352 e. The van der Waals surface area contributed by atoms with Gasteiger partial charge < -0.3 is 5.32 Å². The number of carbonyl (C=O) groups excluding carboxylic acids is 1. The monoisotopic (exact) mass is 330 g/mol. The summed E-state index contributed by atoms with van der Waals surface area (Å²) in [5, 5.41) is 12.3. The molecule has 4 heteroatoms. The Morgan fingerprint density at radius 2 is 2.04 bits per heavy atom. The van der Waals surface area contributed by atoms with Crippen molar-refractivity contribution in [1.82, 2.24) is 5.32 Å². The Bertz CT molecular complexity index is 995. The third-order valence-electron chi connectivity index (χ3n) is 4.62. The van der Waals surface area contributed by atoms with Crippen LogP contribution < -0.4 is 5.32 Å². The lowest BCUT2D eigenvalue weighted by molar-refractivity contribution is -0.117. The second kappa shape index (κ2) is 6.03. The molecule has 1 aliphatic heterocycles. The molecule has 0 unspecified atom stereocenters. The highest BCUT2D eigenvalue weighted by Crippen LogP contribution is 2.34. The van der Waals surface area contributed by atoms with Gasteiger partial charge in [-0.2, -0.15) is 5.26 Å². The number of nitrogens with zero attached hydrogens (tertiary/aromatic N) is 1. The van der Waals surface area contributed by atoms with Crippen molar-refractivity contribution in [2.75, 3.05) is 6.54 Å². The van der Waals surface area contributed by atoms with Gasteiger partial charge in [0.25, 0.3) is 5.91 Å². The first-order chi connectivity index (χ1) is 12.1. The van der Waals surface area contributed by atoms with Gasteiger partial charge in [-0.15, -0.1) is 0 Å². The third kappa shape index (κ3) is 2.85. The minimum absolute atomic E-state index is 0.0995. The van der Waals surface area contributed by atoms with Crippen molar-refractivity contribution in [3.63, 3.8) is 0 Å². The van der Waals surface area contributed by atoms with Crippen LogP contribution in [-0.4, -0.2) is 12.5 Å². The van der Waals surface area contributed by atoms with Crippen LogP contribution in [-0.2, 0) is 11.2 Å². The van der Waals surface area contributed by atoms with Crippen LogP contribution in [0.15, 0.2) is 53.6 Å². The molecule has 0 spiro atoms. The number of benzene rings is 2. The summed E-state index contributed by atoms with van der Waals surface area (Å²) in [4.78, 5) is 12.2. The predicted molar refractivity (Wildman–Crippen MR) is 93.9 cm³/mol. The Kier molecular flexibility index (Phi) is 3.70. The first-order valence-electron chi connectivity index (χ1n) is 8.16. The van der Waals surface area contributed by atoms with Crippen molar-refractivity contribution in [3.05, 3.63) is 76.1 Å². The van der Waals surface area contributed by atoms with Crippen LogP contribution in [0.3, 0.4) is 0 Å². The van der Waals surface area contributed by atoms with E-state index in [-0.39, 0.29) is 11.7 Å². The minimum Gasteiger partial charge on any atom is -0.352 e. The highest BCUT2D eigenvalue weighted by molar-refractivity contribution is 6.02. The van der Waals surface area contributed by atoms with Gasteiger partial charge in [-0.05, 0) is 71.5 Å². The Morgan fingerprint density at radius 1 is 1.16 bits per heavy atom. The molecule has 4 rings (SSSR count). The number of hydrogen-bond donors (Lipinski definition) is 1. The van der Waals surface area contributed by atoms with E-state index >= 15 is 0 Å².